The standard InChI is InChI=1S/C19H23FN2O2/c1-10-14-9-22-7-6-12-11-4-2-3-5-15(11)21-18(12)16(22)8-13(14)17(20)19(23)24-10/h2-5,10,13-14,16-17,19,21,23H,6-9H2,1H3/t10-,13-,14+,16-,17?,19?/m0/s1. The van der Waals surface area contributed by atoms with Gasteiger partial charge in [-0.25, -0.2) is 4.39 Å². The number of H-pyrrole nitrogens is 1. The summed E-state index contributed by atoms with van der Waals surface area (Å²) in [7, 11) is 0. The number of fused-ring (bicyclic) bond motifs is 6. The van der Waals surface area contributed by atoms with Crippen molar-refractivity contribution in [3.8, 4) is 0 Å². The molecule has 128 valence electrons. The Balaban J connectivity index is 1.54. The van der Waals surface area contributed by atoms with E-state index in [1.54, 1.807) is 0 Å². The summed E-state index contributed by atoms with van der Waals surface area (Å²) in [6.45, 7) is 3.82. The minimum atomic E-state index is -1.29. The molecule has 2 N–H and O–H groups in total. The van der Waals surface area contributed by atoms with Gasteiger partial charge >= 0.3 is 0 Å². The number of aliphatic hydroxyl groups is 1. The highest BCUT2D eigenvalue weighted by molar-refractivity contribution is 5.85. The molecule has 3 aliphatic heterocycles. The second kappa shape index (κ2) is 5.28. The summed E-state index contributed by atoms with van der Waals surface area (Å²) >= 11 is 0. The Morgan fingerprint density at radius 2 is 2.12 bits per heavy atom. The van der Waals surface area contributed by atoms with Crippen LogP contribution >= 0.6 is 0 Å². The van der Waals surface area contributed by atoms with Crippen molar-refractivity contribution in [1.82, 2.24) is 9.88 Å². The highest BCUT2D eigenvalue weighted by Gasteiger charge is 2.50. The molecule has 2 saturated heterocycles. The molecular weight excluding hydrogens is 307 g/mol. The lowest BCUT2D eigenvalue weighted by atomic mass is 9.72. The minimum absolute atomic E-state index is 0.0953. The molecular formula is C19H23FN2O2. The number of hydrogen-bond donors (Lipinski definition) is 2. The van der Waals surface area contributed by atoms with E-state index in [9.17, 15) is 9.50 Å². The van der Waals surface area contributed by atoms with Gasteiger partial charge in [0, 0.05) is 41.5 Å². The maximum atomic E-state index is 14.6. The van der Waals surface area contributed by atoms with Gasteiger partial charge < -0.3 is 14.8 Å². The molecule has 5 heteroatoms. The summed E-state index contributed by atoms with van der Waals surface area (Å²) in [5.41, 5.74) is 3.81. The van der Waals surface area contributed by atoms with Crippen molar-refractivity contribution in [3.05, 3.63) is 35.5 Å². The zero-order valence-electron chi connectivity index (χ0n) is 13.8. The number of piperidine rings is 1. The fraction of sp³-hybridized carbons (Fsp3) is 0.579. The summed E-state index contributed by atoms with van der Waals surface area (Å²) in [6, 6.07) is 8.63. The van der Waals surface area contributed by atoms with Crippen molar-refractivity contribution in [2.75, 3.05) is 13.1 Å². The third-order valence-electron chi connectivity index (χ3n) is 6.40. The molecule has 0 spiro atoms. The van der Waals surface area contributed by atoms with Gasteiger partial charge in [-0.1, -0.05) is 18.2 Å². The lowest BCUT2D eigenvalue weighted by Crippen LogP contribution is -2.57. The molecule has 2 unspecified atom stereocenters. The second-order valence-electron chi connectivity index (χ2n) is 7.56. The maximum Gasteiger partial charge on any atom is 0.186 e. The largest absolute Gasteiger partial charge is 0.366 e. The molecule has 0 saturated carbocycles. The highest BCUT2D eigenvalue weighted by atomic mass is 19.1. The SMILES string of the molecule is C[C@@H]1OC(O)C(F)[C@H]2C[C@H]3c4[nH]c5ccccc5c4CCN3C[C@H]12. The molecule has 4 nitrogen and oxygen atoms in total. The first kappa shape index (κ1) is 14.9. The van der Waals surface area contributed by atoms with E-state index in [-0.39, 0.29) is 24.0 Å². The highest BCUT2D eigenvalue weighted by Crippen LogP contribution is 2.47. The van der Waals surface area contributed by atoms with E-state index in [1.165, 1.54) is 22.2 Å². The van der Waals surface area contributed by atoms with Crippen molar-refractivity contribution in [2.24, 2.45) is 11.8 Å². The van der Waals surface area contributed by atoms with E-state index in [0.717, 1.165) is 25.9 Å². The van der Waals surface area contributed by atoms with Crippen LogP contribution in [-0.4, -0.2) is 46.6 Å². The van der Waals surface area contributed by atoms with Crippen LogP contribution in [0.3, 0.4) is 0 Å². The van der Waals surface area contributed by atoms with Crippen LogP contribution in [0, 0.1) is 11.8 Å². The summed E-state index contributed by atoms with van der Waals surface area (Å²) in [6.07, 6.45) is -0.885. The average molecular weight is 330 g/mol. The summed E-state index contributed by atoms with van der Waals surface area (Å²) in [5, 5.41) is 11.2. The van der Waals surface area contributed by atoms with E-state index in [4.69, 9.17) is 4.74 Å². The second-order valence-corrected chi connectivity index (χ2v) is 7.56. The number of alkyl halides is 1. The Morgan fingerprint density at radius 1 is 1.29 bits per heavy atom. The molecule has 2 aromatic rings. The third-order valence-corrected chi connectivity index (χ3v) is 6.40. The first-order valence-corrected chi connectivity index (χ1v) is 8.94. The molecule has 2 fully saturated rings. The van der Waals surface area contributed by atoms with Crippen molar-refractivity contribution in [3.63, 3.8) is 0 Å². The van der Waals surface area contributed by atoms with Crippen molar-refractivity contribution in [1.29, 1.82) is 0 Å². The molecule has 1 aromatic heterocycles. The third kappa shape index (κ3) is 2.01. The molecule has 3 aliphatic rings. The van der Waals surface area contributed by atoms with Gasteiger partial charge in [-0.15, -0.1) is 0 Å². The average Bonchev–Trinajstić information content (AvgIpc) is 2.98. The summed E-state index contributed by atoms with van der Waals surface area (Å²) in [5.74, 6) is 0.0212. The Kier molecular flexibility index (Phi) is 3.27. The predicted octanol–water partition coefficient (Wildman–Crippen LogP) is 2.78. The van der Waals surface area contributed by atoms with Crippen LogP contribution in [0.5, 0.6) is 0 Å². The lowest BCUT2D eigenvalue weighted by molar-refractivity contribution is -0.245. The number of rotatable bonds is 0. The Labute approximate surface area is 140 Å². The number of ether oxygens (including phenoxy) is 1. The number of benzene rings is 1. The first-order chi connectivity index (χ1) is 11.6. The quantitative estimate of drug-likeness (QED) is 0.781. The fourth-order valence-corrected chi connectivity index (χ4v) is 5.16. The van der Waals surface area contributed by atoms with E-state index in [2.05, 4.69) is 28.1 Å². The fourth-order valence-electron chi connectivity index (χ4n) is 5.16. The van der Waals surface area contributed by atoms with Crippen LogP contribution < -0.4 is 0 Å². The lowest BCUT2D eigenvalue weighted by Gasteiger charge is -2.51. The molecule has 4 heterocycles. The normalized spacial score (nSPS) is 39.3. The Bertz CT molecular complexity index is 776. The molecule has 0 amide bonds. The first-order valence-electron chi connectivity index (χ1n) is 8.94. The molecule has 6 atom stereocenters. The van der Waals surface area contributed by atoms with Gasteiger partial charge in [0.1, 0.15) is 0 Å². The van der Waals surface area contributed by atoms with E-state index >= 15 is 0 Å². The molecule has 0 radical (unpaired) electrons. The Morgan fingerprint density at radius 3 is 3.00 bits per heavy atom. The van der Waals surface area contributed by atoms with Gasteiger partial charge in [0.25, 0.3) is 0 Å². The number of para-hydroxylation sites is 1. The number of halogens is 1. The minimum Gasteiger partial charge on any atom is -0.366 e. The van der Waals surface area contributed by atoms with Crippen LogP contribution in [0.25, 0.3) is 10.9 Å². The maximum absolute atomic E-state index is 14.6. The van der Waals surface area contributed by atoms with Crippen LogP contribution in [0.1, 0.15) is 30.6 Å². The summed E-state index contributed by atoms with van der Waals surface area (Å²) < 4.78 is 20.0. The molecule has 5 rings (SSSR count). The topological polar surface area (TPSA) is 48.5 Å². The Hall–Kier alpha value is -1.43. The van der Waals surface area contributed by atoms with Crippen molar-refractivity contribution in [2.45, 2.75) is 44.4 Å². The van der Waals surface area contributed by atoms with E-state index in [1.807, 2.05) is 13.0 Å². The van der Waals surface area contributed by atoms with Gasteiger partial charge in [-0.2, -0.15) is 0 Å². The zero-order chi connectivity index (χ0) is 16.4. The molecule has 24 heavy (non-hydrogen) atoms. The van der Waals surface area contributed by atoms with Gasteiger partial charge in [0.15, 0.2) is 12.5 Å². The molecule has 1 aromatic carbocycles. The number of aromatic nitrogens is 1. The van der Waals surface area contributed by atoms with Crippen molar-refractivity contribution < 1.29 is 14.2 Å². The van der Waals surface area contributed by atoms with Gasteiger partial charge in [0.2, 0.25) is 0 Å². The van der Waals surface area contributed by atoms with Crippen LogP contribution in [0.15, 0.2) is 24.3 Å². The number of hydrogen-bond acceptors (Lipinski definition) is 3. The van der Waals surface area contributed by atoms with Gasteiger partial charge in [0.05, 0.1) is 12.1 Å². The monoisotopic (exact) mass is 330 g/mol. The van der Waals surface area contributed by atoms with E-state index in [0.29, 0.717) is 0 Å². The number of nitrogens with zero attached hydrogens (tertiary/aromatic N) is 1. The van der Waals surface area contributed by atoms with Crippen LogP contribution in [0.2, 0.25) is 0 Å². The van der Waals surface area contributed by atoms with Crippen LogP contribution in [-0.2, 0) is 11.2 Å². The number of aromatic amines is 1. The van der Waals surface area contributed by atoms with Gasteiger partial charge in [-0.05, 0) is 31.4 Å². The number of nitrogens with one attached hydrogen (secondary N) is 1. The zero-order valence-corrected chi connectivity index (χ0v) is 13.8. The smallest absolute Gasteiger partial charge is 0.186 e. The molecule has 0 aliphatic carbocycles. The predicted molar refractivity (Wildman–Crippen MR) is 89.4 cm³/mol. The van der Waals surface area contributed by atoms with E-state index < -0.39 is 12.5 Å². The number of aliphatic hydroxyl groups excluding tert-OH is 1. The van der Waals surface area contributed by atoms with Crippen LogP contribution in [0.4, 0.5) is 4.39 Å². The molecule has 0 bridgehead atoms. The van der Waals surface area contributed by atoms with Gasteiger partial charge in [-0.3, -0.25) is 4.90 Å². The van der Waals surface area contributed by atoms with Crippen molar-refractivity contribution >= 4 is 10.9 Å². The summed E-state index contributed by atoms with van der Waals surface area (Å²) in [4.78, 5) is 6.07.